The van der Waals surface area contributed by atoms with E-state index < -0.39 is 5.60 Å². The highest BCUT2D eigenvalue weighted by molar-refractivity contribution is 5.93. The van der Waals surface area contributed by atoms with Crippen molar-refractivity contribution in [1.82, 2.24) is 4.90 Å². The second-order valence-corrected chi connectivity index (χ2v) is 4.85. The maximum absolute atomic E-state index is 11.9. The molecular formula is C12H17NO3. The summed E-state index contributed by atoms with van der Waals surface area (Å²) in [4.78, 5) is 13.6. The summed E-state index contributed by atoms with van der Waals surface area (Å²) in [5.41, 5.74) is 0.112. The number of aryl methyl sites for hydroxylation is 1. The molecular weight excluding hydrogens is 206 g/mol. The standard InChI is InChI=1S/C12H17NO3/c1-8(2)12(15)6-13(7-12)11(14)10-9(3)4-5-16-10/h4-5,8,15H,6-7H2,1-3H3. The Hall–Kier alpha value is -1.29. The molecule has 16 heavy (non-hydrogen) atoms. The summed E-state index contributed by atoms with van der Waals surface area (Å²) in [5.74, 6) is 0.410. The first-order chi connectivity index (χ1) is 7.44. The van der Waals surface area contributed by atoms with Crippen molar-refractivity contribution in [3.63, 3.8) is 0 Å². The van der Waals surface area contributed by atoms with Gasteiger partial charge in [0.2, 0.25) is 0 Å². The van der Waals surface area contributed by atoms with Gasteiger partial charge in [-0.15, -0.1) is 0 Å². The maximum atomic E-state index is 11.9. The summed E-state index contributed by atoms with van der Waals surface area (Å²) in [7, 11) is 0. The largest absolute Gasteiger partial charge is 0.459 e. The lowest BCUT2D eigenvalue weighted by Crippen LogP contribution is -2.65. The van der Waals surface area contributed by atoms with Gasteiger partial charge in [-0.25, -0.2) is 0 Å². The molecule has 1 aliphatic rings. The number of carbonyl (C=O) groups is 1. The fourth-order valence-corrected chi connectivity index (χ4v) is 1.86. The maximum Gasteiger partial charge on any atom is 0.290 e. The van der Waals surface area contributed by atoms with Crippen molar-refractivity contribution in [2.75, 3.05) is 13.1 Å². The van der Waals surface area contributed by atoms with E-state index >= 15 is 0 Å². The molecule has 4 nitrogen and oxygen atoms in total. The van der Waals surface area contributed by atoms with Gasteiger partial charge in [0.05, 0.1) is 19.4 Å². The third kappa shape index (κ3) is 1.63. The molecule has 2 heterocycles. The van der Waals surface area contributed by atoms with Crippen molar-refractivity contribution >= 4 is 5.91 Å². The van der Waals surface area contributed by atoms with Crippen LogP contribution < -0.4 is 0 Å². The molecule has 1 aliphatic heterocycles. The highest BCUT2D eigenvalue weighted by Gasteiger charge is 2.46. The van der Waals surface area contributed by atoms with Gasteiger partial charge in [-0.1, -0.05) is 13.8 Å². The summed E-state index contributed by atoms with van der Waals surface area (Å²) in [5, 5.41) is 10.0. The van der Waals surface area contributed by atoms with Gasteiger partial charge >= 0.3 is 0 Å². The fraction of sp³-hybridized carbons (Fsp3) is 0.583. The number of nitrogens with zero attached hydrogens (tertiary/aromatic N) is 1. The van der Waals surface area contributed by atoms with Gasteiger partial charge in [0, 0.05) is 5.56 Å². The van der Waals surface area contributed by atoms with Gasteiger partial charge in [-0.3, -0.25) is 4.79 Å². The van der Waals surface area contributed by atoms with E-state index in [1.54, 1.807) is 11.0 Å². The number of hydrogen-bond donors (Lipinski definition) is 1. The number of rotatable bonds is 2. The zero-order valence-corrected chi connectivity index (χ0v) is 9.86. The van der Waals surface area contributed by atoms with Gasteiger partial charge in [0.15, 0.2) is 5.76 Å². The third-order valence-corrected chi connectivity index (χ3v) is 3.35. The Labute approximate surface area is 94.9 Å². The van der Waals surface area contributed by atoms with Crippen LogP contribution in [0, 0.1) is 12.8 Å². The predicted octanol–water partition coefficient (Wildman–Crippen LogP) is 1.43. The van der Waals surface area contributed by atoms with E-state index in [2.05, 4.69) is 0 Å². The van der Waals surface area contributed by atoms with E-state index in [1.807, 2.05) is 20.8 Å². The fourth-order valence-electron chi connectivity index (χ4n) is 1.86. The second kappa shape index (κ2) is 3.63. The molecule has 1 amide bonds. The molecule has 0 aromatic carbocycles. The first kappa shape index (κ1) is 11.2. The number of carbonyl (C=O) groups excluding carboxylic acids is 1. The Kier molecular flexibility index (Phi) is 2.54. The molecule has 0 saturated carbocycles. The molecule has 0 atom stereocenters. The lowest BCUT2D eigenvalue weighted by atomic mass is 9.83. The minimum absolute atomic E-state index is 0.132. The van der Waals surface area contributed by atoms with Crippen LogP contribution in [0.3, 0.4) is 0 Å². The van der Waals surface area contributed by atoms with Gasteiger partial charge in [0.1, 0.15) is 5.60 Å². The van der Waals surface area contributed by atoms with E-state index in [-0.39, 0.29) is 11.8 Å². The second-order valence-electron chi connectivity index (χ2n) is 4.85. The van der Waals surface area contributed by atoms with E-state index in [9.17, 15) is 9.90 Å². The number of likely N-dealkylation sites (tertiary alicyclic amines) is 1. The molecule has 1 fully saturated rings. The highest BCUT2D eigenvalue weighted by Crippen LogP contribution is 2.30. The zero-order chi connectivity index (χ0) is 11.9. The Morgan fingerprint density at radius 3 is 2.62 bits per heavy atom. The first-order valence-corrected chi connectivity index (χ1v) is 5.50. The van der Waals surface area contributed by atoms with Gasteiger partial charge in [-0.05, 0) is 18.9 Å². The van der Waals surface area contributed by atoms with Crippen LogP contribution in [0.5, 0.6) is 0 Å². The monoisotopic (exact) mass is 223 g/mol. The lowest BCUT2D eigenvalue weighted by molar-refractivity contribution is -0.111. The normalized spacial score (nSPS) is 18.7. The first-order valence-electron chi connectivity index (χ1n) is 5.50. The van der Waals surface area contributed by atoms with Crippen LogP contribution in [0.2, 0.25) is 0 Å². The molecule has 0 unspecified atom stereocenters. The van der Waals surface area contributed by atoms with Crippen LogP contribution in [0.15, 0.2) is 16.7 Å². The number of hydrogen-bond acceptors (Lipinski definition) is 3. The minimum Gasteiger partial charge on any atom is -0.459 e. The van der Waals surface area contributed by atoms with Crippen LogP contribution in [0.1, 0.15) is 30.0 Å². The van der Waals surface area contributed by atoms with Crippen molar-refractivity contribution in [2.45, 2.75) is 26.4 Å². The molecule has 1 N–H and O–H groups in total. The highest BCUT2D eigenvalue weighted by atomic mass is 16.3. The topological polar surface area (TPSA) is 53.7 Å². The average molecular weight is 223 g/mol. The van der Waals surface area contributed by atoms with Crippen molar-refractivity contribution in [3.8, 4) is 0 Å². The smallest absolute Gasteiger partial charge is 0.290 e. The average Bonchev–Trinajstić information content (AvgIpc) is 2.58. The zero-order valence-electron chi connectivity index (χ0n) is 9.86. The number of furan rings is 1. The Morgan fingerprint density at radius 1 is 1.56 bits per heavy atom. The molecule has 1 aromatic heterocycles. The number of β-amino-alcohol motifs (C(OH)–C–C–N with tert-alkyl or cyclic N) is 1. The summed E-state index contributed by atoms with van der Waals surface area (Å²) in [6, 6.07) is 1.77. The molecule has 0 radical (unpaired) electrons. The molecule has 0 aliphatic carbocycles. The quantitative estimate of drug-likeness (QED) is 0.825. The van der Waals surface area contributed by atoms with Crippen molar-refractivity contribution in [3.05, 3.63) is 23.7 Å². The van der Waals surface area contributed by atoms with Crippen molar-refractivity contribution in [1.29, 1.82) is 0 Å². The third-order valence-electron chi connectivity index (χ3n) is 3.35. The van der Waals surface area contributed by atoms with Crippen molar-refractivity contribution < 1.29 is 14.3 Å². The summed E-state index contributed by atoms with van der Waals surface area (Å²) >= 11 is 0. The van der Waals surface area contributed by atoms with Crippen LogP contribution in [0.25, 0.3) is 0 Å². The Bertz CT molecular complexity index is 402. The van der Waals surface area contributed by atoms with Crippen LogP contribution in [0.4, 0.5) is 0 Å². The molecule has 1 aromatic rings. The SMILES string of the molecule is Cc1ccoc1C(=O)N1CC(O)(C(C)C)C1. The minimum atomic E-state index is -0.726. The van der Waals surface area contributed by atoms with E-state index in [0.29, 0.717) is 18.8 Å². The number of aliphatic hydroxyl groups is 1. The molecule has 2 rings (SSSR count). The van der Waals surface area contributed by atoms with E-state index in [1.165, 1.54) is 6.26 Å². The Balaban J connectivity index is 2.04. The van der Waals surface area contributed by atoms with Crippen molar-refractivity contribution in [2.24, 2.45) is 5.92 Å². The van der Waals surface area contributed by atoms with E-state index in [4.69, 9.17) is 4.42 Å². The van der Waals surface area contributed by atoms with Gasteiger partial charge in [0.25, 0.3) is 5.91 Å². The predicted molar refractivity (Wildman–Crippen MR) is 59.1 cm³/mol. The molecule has 0 spiro atoms. The van der Waals surface area contributed by atoms with Gasteiger partial charge in [-0.2, -0.15) is 0 Å². The number of amides is 1. The Morgan fingerprint density at radius 2 is 2.19 bits per heavy atom. The van der Waals surface area contributed by atoms with Crippen LogP contribution >= 0.6 is 0 Å². The molecule has 0 bridgehead atoms. The summed E-state index contributed by atoms with van der Waals surface area (Å²) in [6.45, 7) is 6.54. The van der Waals surface area contributed by atoms with Crippen LogP contribution in [-0.4, -0.2) is 34.6 Å². The molecule has 1 saturated heterocycles. The molecule has 4 heteroatoms. The summed E-state index contributed by atoms with van der Waals surface area (Å²) < 4.78 is 5.14. The van der Waals surface area contributed by atoms with Crippen LogP contribution in [-0.2, 0) is 0 Å². The van der Waals surface area contributed by atoms with Gasteiger partial charge < -0.3 is 14.4 Å². The summed E-state index contributed by atoms with van der Waals surface area (Å²) in [6.07, 6.45) is 1.51. The molecule has 88 valence electrons. The lowest BCUT2D eigenvalue weighted by Gasteiger charge is -2.48. The van der Waals surface area contributed by atoms with E-state index in [0.717, 1.165) is 5.56 Å².